The van der Waals surface area contributed by atoms with E-state index >= 15 is 0 Å². The summed E-state index contributed by atoms with van der Waals surface area (Å²) in [6, 6.07) is 38.0. The molecule has 0 aromatic heterocycles. The number of benzene rings is 7. The van der Waals surface area contributed by atoms with Crippen LogP contribution in [0.2, 0.25) is 0 Å². The van der Waals surface area contributed by atoms with Crippen molar-refractivity contribution in [1.82, 2.24) is 5.32 Å². The molecule has 4 heteroatoms. The number of amides is 1. The maximum absolute atomic E-state index is 13.2. The molecule has 0 aliphatic carbocycles. The number of rotatable bonds is 9. The Morgan fingerprint density at radius 1 is 0.682 bits per heavy atom. The van der Waals surface area contributed by atoms with Crippen molar-refractivity contribution in [2.75, 3.05) is 20.8 Å². The van der Waals surface area contributed by atoms with Gasteiger partial charge in [0.1, 0.15) is 5.75 Å². The third kappa shape index (κ3) is 4.55. The average Bonchev–Trinajstić information content (AvgIpc) is 3.07. The molecule has 0 heterocycles. The van der Waals surface area contributed by atoms with Gasteiger partial charge in [0.15, 0.2) is 5.75 Å². The molecule has 7 rings (SSSR count). The van der Waals surface area contributed by atoms with Crippen molar-refractivity contribution in [2.45, 2.75) is 19.8 Å². The Morgan fingerprint density at radius 3 is 2.07 bits per heavy atom. The molecule has 0 saturated heterocycles. The van der Waals surface area contributed by atoms with Gasteiger partial charge in [-0.2, -0.15) is 0 Å². The Hall–Kier alpha value is -5.22. The second-order valence-corrected chi connectivity index (χ2v) is 11.2. The van der Waals surface area contributed by atoms with Crippen LogP contribution in [0.1, 0.15) is 46.8 Å². The molecular weight excluding hydrogens is 542 g/mol. The third-order valence-electron chi connectivity index (χ3n) is 8.70. The van der Waals surface area contributed by atoms with E-state index in [1.807, 2.05) is 36.4 Å². The molecule has 0 aliphatic rings. The minimum absolute atomic E-state index is 0.0667. The molecule has 0 spiro atoms. The summed E-state index contributed by atoms with van der Waals surface area (Å²) < 4.78 is 11.5. The fraction of sp³-hybridized carbons (Fsp3) is 0.150. The zero-order valence-corrected chi connectivity index (χ0v) is 25.2. The summed E-state index contributed by atoms with van der Waals surface area (Å²) in [4.78, 5) is 13.2. The van der Waals surface area contributed by atoms with Gasteiger partial charge in [0.05, 0.1) is 42.4 Å². The van der Waals surface area contributed by atoms with Crippen molar-refractivity contribution in [2.24, 2.45) is 0 Å². The molecule has 7 aromatic carbocycles. The van der Waals surface area contributed by atoms with E-state index in [9.17, 15) is 4.79 Å². The highest BCUT2D eigenvalue weighted by molar-refractivity contribution is 6.33. The second-order valence-electron chi connectivity index (χ2n) is 11.2. The number of ether oxygens (including phenoxy) is 2. The van der Waals surface area contributed by atoms with Gasteiger partial charge in [-0.1, -0.05) is 61.9 Å². The lowest BCUT2D eigenvalue weighted by Gasteiger charge is -2.20. The van der Waals surface area contributed by atoms with E-state index in [0.717, 1.165) is 46.6 Å². The van der Waals surface area contributed by atoms with Gasteiger partial charge >= 0.3 is 0 Å². The van der Waals surface area contributed by atoms with Crippen molar-refractivity contribution >= 4 is 49.0 Å². The van der Waals surface area contributed by atoms with E-state index < -0.39 is 0 Å². The average molecular weight is 577 g/mol. The van der Waals surface area contributed by atoms with Crippen LogP contribution in [0.25, 0.3) is 43.1 Å². The quantitative estimate of drug-likeness (QED) is 0.0612. The van der Waals surface area contributed by atoms with Crippen molar-refractivity contribution < 1.29 is 14.3 Å². The first-order valence-electron chi connectivity index (χ1n) is 15.2. The van der Waals surface area contributed by atoms with Crippen LogP contribution in [0.5, 0.6) is 11.5 Å². The SMILES string of the molecule is CCCCNC(=O)c1cccc([C+](c2ccc(OC)cc2OC)c2ccc3c4cccc5cccc(c6cccc2c63)c54)c1. The number of methoxy groups -OCH3 is 2. The number of hydrogen-bond donors (Lipinski definition) is 1. The van der Waals surface area contributed by atoms with Crippen LogP contribution >= 0.6 is 0 Å². The van der Waals surface area contributed by atoms with Crippen LogP contribution in [-0.4, -0.2) is 26.7 Å². The molecule has 0 bridgehead atoms. The van der Waals surface area contributed by atoms with Crippen molar-refractivity contribution in [1.29, 1.82) is 0 Å². The molecule has 216 valence electrons. The van der Waals surface area contributed by atoms with Gasteiger partial charge in [0.2, 0.25) is 0 Å². The number of carbonyl (C=O) groups excluding carboxylic acids is 1. The van der Waals surface area contributed by atoms with E-state index in [1.54, 1.807) is 14.2 Å². The van der Waals surface area contributed by atoms with Crippen molar-refractivity contribution in [3.8, 4) is 11.5 Å². The van der Waals surface area contributed by atoms with Gasteiger partial charge in [-0.15, -0.1) is 0 Å². The predicted octanol–water partition coefficient (Wildman–Crippen LogP) is 9.30. The molecule has 1 N–H and O–H groups in total. The number of nitrogens with one attached hydrogen (secondary N) is 1. The van der Waals surface area contributed by atoms with E-state index in [4.69, 9.17) is 9.47 Å². The van der Waals surface area contributed by atoms with Crippen LogP contribution in [0, 0.1) is 5.92 Å². The van der Waals surface area contributed by atoms with E-state index in [0.29, 0.717) is 17.9 Å². The van der Waals surface area contributed by atoms with E-state index in [2.05, 4.69) is 85.0 Å². The smallest absolute Gasteiger partial charge is 0.256 e. The fourth-order valence-electron chi connectivity index (χ4n) is 6.62. The third-order valence-corrected chi connectivity index (χ3v) is 8.70. The van der Waals surface area contributed by atoms with Gasteiger partial charge < -0.3 is 14.8 Å². The van der Waals surface area contributed by atoms with Crippen LogP contribution in [0.15, 0.2) is 109 Å². The Morgan fingerprint density at radius 2 is 1.34 bits per heavy atom. The largest absolute Gasteiger partial charge is 0.496 e. The topological polar surface area (TPSA) is 47.6 Å². The van der Waals surface area contributed by atoms with Gasteiger partial charge in [-0.25, -0.2) is 0 Å². The number of unbranched alkanes of at least 4 members (excludes halogenated alkanes) is 1. The highest BCUT2D eigenvalue weighted by Gasteiger charge is 2.30. The zero-order valence-electron chi connectivity index (χ0n) is 25.2. The van der Waals surface area contributed by atoms with Crippen LogP contribution < -0.4 is 14.8 Å². The lowest BCUT2D eigenvalue weighted by atomic mass is 9.79. The zero-order chi connectivity index (χ0) is 30.2. The van der Waals surface area contributed by atoms with Crippen LogP contribution in [0.3, 0.4) is 0 Å². The second kappa shape index (κ2) is 11.5. The van der Waals surface area contributed by atoms with Crippen LogP contribution in [-0.2, 0) is 0 Å². The molecule has 44 heavy (non-hydrogen) atoms. The Bertz CT molecular complexity index is 2100. The van der Waals surface area contributed by atoms with E-state index in [1.165, 1.54) is 37.7 Å². The molecule has 0 radical (unpaired) electrons. The van der Waals surface area contributed by atoms with Gasteiger partial charge in [-0.05, 0) is 75.8 Å². The number of hydrogen-bond acceptors (Lipinski definition) is 3. The van der Waals surface area contributed by atoms with Gasteiger partial charge in [0, 0.05) is 40.9 Å². The summed E-state index contributed by atoms with van der Waals surface area (Å²) in [5.41, 5.74) is 3.57. The van der Waals surface area contributed by atoms with Crippen LogP contribution in [0.4, 0.5) is 0 Å². The first-order chi connectivity index (χ1) is 21.6. The Kier molecular flexibility index (Phi) is 7.19. The number of carbonyl (C=O) groups is 1. The minimum atomic E-state index is -0.0667. The predicted molar refractivity (Wildman–Crippen MR) is 181 cm³/mol. The Labute approximate surface area is 257 Å². The minimum Gasteiger partial charge on any atom is -0.496 e. The molecule has 0 atom stereocenters. The fourth-order valence-corrected chi connectivity index (χ4v) is 6.62. The van der Waals surface area contributed by atoms with Gasteiger partial charge in [0.25, 0.3) is 5.91 Å². The highest BCUT2D eigenvalue weighted by atomic mass is 16.5. The molecule has 1 amide bonds. The molecule has 4 nitrogen and oxygen atoms in total. The molecule has 7 aromatic rings. The standard InChI is InChI=1S/C40H33NO3/c1-4-5-22-41-40(42)27-13-6-12-26(23-27)38(35-19-18-28(43-2)24-36(35)44-3)33-20-21-34-30-15-8-11-25-10-7-14-29(37(25)30)31-16-9-17-32(33)39(31)34/h6-21,23-24H,4-5,22H2,1-3H3/p+1. The summed E-state index contributed by atoms with van der Waals surface area (Å²) in [6.07, 6.45) is 1.98. The van der Waals surface area contributed by atoms with Gasteiger partial charge in [-0.3, -0.25) is 4.79 Å². The molecule has 0 fully saturated rings. The molecule has 0 unspecified atom stereocenters. The summed E-state index contributed by atoms with van der Waals surface area (Å²) in [5, 5.41) is 13.0. The maximum Gasteiger partial charge on any atom is 0.256 e. The summed E-state index contributed by atoms with van der Waals surface area (Å²) in [7, 11) is 3.34. The summed E-state index contributed by atoms with van der Waals surface area (Å²) >= 11 is 0. The molecule has 0 aliphatic heterocycles. The maximum atomic E-state index is 13.2. The highest BCUT2D eigenvalue weighted by Crippen LogP contribution is 2.45. The first-order valence-corrected chi connectivity index (χ1v) is 15.2. The lowest BCUT2D eigenvalue weighted by molar-refractivity contribution is 0.0953. The number of fused-ring (bicyclic) bond motifs is 2. The normalized spacial score (nSPS) is 11.4. The summed E-state index contributed by atoms with van der Waals surface area (Å²) in [5.74, 6) is 2.35. The molecular formula is C40H34NO3+. The van der Waals surface area contributed by atoms with Crippen molar-refractivity contribution in [3.05, 3.63) is 137 Å². The Balaban J connectivity index is 1.50. The monoisotopic (exact) mass is 576 g/mol. The summed E-state index contributed by atoms with van der Waals surface area (Å²) in [6.45, 7) is 2.78. The lowest BCUT2D eigenvalue weighted by Crippen LogP contribution is -2.24. The first kappa shape index (κ1) is 27.6. The molecule has 0 saturated carbocycles. The van der Waals surface area contributed by atoms with E-state index in [-0.39, 0.29) is 5.91 Å². The van der Waals surface area contributed by atoms with Crippen molar-refractivity contribution in [3.63, 3.8) is 0 Å².